The quantitative estimate of drug-likeness (QED) is 0.102. The van der Waals surface area contributed by atoms with Crippen LogP contribution in [-0.4, -0.2) is 6.61 Å². The van der Waals surface area contributed by atoms with Gasteiger partial charge >= 0.3 is 0 Å². The standard InChI is InChI=1S/C32H62O/c1-4-6-8-10-11-12-13-14-15-16-17-18-19-20-21-22-24-31-25-27-32(28-26-31)30(3)33-29-23-9-7-5-2/h31-32H,3-29H2,1-2H3. The van der Waals surface area contributed by atoms with Crippen molar-refractivity contribution in [3.05, 3.63) is 12.3 Å². The van der Waals surface area contributed by atoms with E-state index in [1.54, 1.807) is 0 Å². The Kier molecular flexibility index (Phi) is 21.6. The predicted octanol–water partition coefficient (Wildman–Crippen LogP) is 11.6. The lowest BCUT2D eigenvalue weighted by atomic mass is 9.79. The zero-order chi connectivity index (χ0) is 23.8. The van der Waals surface area contributed by atoms with Crippen LogP contribution >= 0.6 is 0 Å². The molecule has 0 heterocycles. The van der Waals surface area contributed by atoms with Gasteiger partial charge in [0, 0.05) is 5.92 Å². The lowest BCUT2D eigenvalue weighted by Crippen LogP contribution is -2.17. The highest BCUT2D eigenvalue weighted by Gasteiger charge is 2.23. The molecule has 0 aromatic heterocycles. The Hall–Kier alpha value is -0.460. The summed E-state index contributed by atoms with van der Waals surface area (Å²) < 4.78 is 5.96. The van der Waals surface area contributed by atoms with Crippen LogP contribution in [0.4, 0.5) is 0 Å². The van der Waals surface area contributed by atoms with Gasteiger partial charge in [-0.15, -0.1) is 0 Å². The Bertz CT molecular complexity index is 407. The summed E-state index contributed by atoms with van der Waals surface area (Å²) in [5, 5.41) is 0. The molecule has 196 valence electrons. The van der Waals surface area contributed by atoms with E-state index >= 15 is 0 Å². The normalized spacial score (nSPS) is 18.5. The molecule has 1 heteroatoms. The third-order valence-corrected chi connectivity index (χ3v) is 8.05. The van der Waals surface area contributed by atoms with Gasteiger partial charge in [-0.3, -0.25) is 0 Å². The second-order valence-electron chi connectivity index (χ2n) is 11.2. The van der Waals surface area contributed by atoms with Gasteiger partial charge in [-0.1, -0.05) is 149 Å². The van der Waals surface area contributed by atoms with Crippen molar-refractivity contribution >= 4 is 0 Å². The first-order valence-corrected chi connectivity index (χ1v) is 15.6. The van der Waals surface area contributed by atoms with Gasteiger partial charge in [0.1, 0.15) is 0 Å². The van der Waals surface area contributed by atoms with Crippen LogP contribution in [0.5, 0.6) is 0 Å². The molecule has 33 heavy (non-hydrogen) atoms. The molecule has 0 unspecified atom stereocenters. The molecule has 0 amide bonds. The second-order valence-corrected chi connectivity index (χ2v) is 11.2. The Labute approximate surface area is 209 Å². The fourth-order valence-corrected chi connectivity index (χ4v) is 5.60. The molecular formula is C32H62O. The molecule has 1 saturated carbocycles. The molecule has 1 nitrogen and oxygen atoms in total. The number of ether oxygens (including phenoxy) is 1. The van der Waals surface area contributed by atoms with E-state index in [1.165, 1.54) is 161 Å². The number of hydrogen-bond donors (Lipinski definition) is 0. The topological polar surface area (TPSA) is 9.23 Å². The Morgan fingerprint density at radius 2 is 0.939 bits per heavy atom. The third-order valence-electron chi connectivity index (χ3n) is 8.05. The van der Waals surface area contributed by atoms with Gasteiger partial charge in [0.25, 0.3) is 0 Å². The van der Waals surface area contributed by atoms with Gasteiger partial charge in [-0.2, -0.15) is 0 Å². The van der Waals surface area contributed by atoms with Gasteiger partial charge in [0.05, 0.1) is 12.4 Å². The monoisotopic (exact) mass is 462 g/mol. The van der Waals surface area contributed by atoms with E-state index in [1.807, 2.05) is 0 Å². The van der Waals surface area contributed by atoms with E-state index in [9.17, 15) is 0 Å². The van der Waals surface area contributed by atoms with Gasteiger partial charge in [0.15, 0.2) is 0 Å². The molecule has 1 rings (SSSR count). The van der Waals surface area contributed by atoms with Crippen LogP contribution in [0.15, 0.2) is 12.3 Å². The van der Waals surface area contributed by atoms with Crippen molar-refractivity contribution in [1.29, 1.82) is 0 Å². The first kappa shape index (κ1) is 30.6. The minimum atomic E-state index is 0.637. The molecule has 0 atom stereocenters. The summed E-state index contributed by atoms with van der Waals surface area (Å²) >= 11 is 0. The van der Waals surface area contributed by atoms with Crippen molar-refractivity contribution in [3.8, 4) is 0 Å². The van der Waals surface area contributed by atoms with Crippen molar-refractivity contribution < 1.29 is 4.74 Å². The average Bonchev–Trinajstić information content (AvgIpc) is 2.84. The van der Waals surface area contributed by atoms with Gasteiger partial charge in [-0.25, -0.2) is 0 Å². The summed E-state index contributed by atoms with van der Waals surface area (Å²) in [4.78, 5) is 0. The van der Waals surface area contributed by atoms with Crippen molar-refractivity contribution in [2.45, 2.75) is 174 Å². The highest BCUT2D eigenvalue weighted by atomic mass is 16.5. The van der Waals surface area contributed by atoms with Crippen LogP contribution in [-0.2, 0) is 4.74 Å². The first-order valence-electron chi connectivity index (χ1n) is 15.6. The molecule has 0 radical (unpaired) electrons. The highest BCUT2D eigenvalue weighted by Crippen LogP contribution is 2.35. The number of unbranched alkanes of at least 4 members (excludes halogenated alkanes) is 18. The molecule has 0 aromatic carbocycles. The summed E-state index contributed by atoms with van der Waals surface area (Å²) in [6.07, 6.45) is 35.5. The van der Waals surface area contributed by atoms with E-state index in [-0.39, 0.29) is 0 Å². The average molecular weight is 463 g/mol. The van der Waals surface area contributed by atoms with Crippen LogP contribution in [0.1, 0.15) is 174 Å². The number of hydrogen-bond acceptors (Lipinski definition) is 1. The molecule has 0 bridgehead atoms. The van der Waals surface area contributed by atoms with E-state index in [0.29, 0.717) is 5.92 Å². The molecule has 0 spiro atoms. The Morgan fingerprint density at radius 1 is 0.545 bits per heavy atom. The van der Waals surface area contributed by atoms with Crippen molar-refractivity contribution in [2.75, 3.05) is 6.61 Å². The second kappa shape index (κ2) is 23.3. The largest absolute Gasteiger partial charge is 0.498 e. The maximum atomic E-state index is 5.96. The maximum absolute atomic E-state index is 5.96. The molecule has 1 aliphatic rings. The smallest absolute Gasteiger partial charge is 0.0918 e. The van der Waals surface area contributed by atoms with Gasteiger partial charge in [-0.05, 0) is 38.0 Å². The van der Waals surface area contributed by atoms with Crippen molar-refractivity contribution in [1.82, 2.24) is 0 Å². The fraction of sp³-hybridized carbons (Fsp3) is 0.938. The van der Waals surface area contributed by atoms with E-state index < -0.39 is 0 Å². The SMILES string of the molecule is C=C(OCCCCCC)C1CCC(CCCCCCCCCCCCCCCCCC)CC1. The lowest BCUT2D eigenvalue weighted by Gasteiger charge is -2.29. The van der Waals surface area contributed by atoms with E-state index in [0.717, 1.165) is 18.3 Å². The number of rotatable bonds is 24. The lowest BCUT2D eigenvalue weighted by molar-refractivity contribution is 0.145. The minimum absolute atomic E-state index is 0.637. The summed E-state index contributed by atoms with van der Waals surface area (Å²) in [7, 11) is 0. The van der Waals surface area contributed by atoms with Gasteiger partial charge < -0.3 is 4.74 Å². The molecular weight excluding hydrogens is 400 g/mol. The summed E-state index contributed by atoms with van der Waals surface area (Å²) in [6, 6.07) is 0. The van der Waals surface area contributed by atoms with Crippen molar-refractivity contribution in [2.24, 2.45) is 11.8 Å². The zero-order valence-electron chi connectivity index (χ0n) is 23.2. The van der Waals surface area contributed by atoms with Crippen LogP contribution < -0.4 is 0 Å². The third kappa shape index (κ3) is 18.5. The van der Waals surface area contributed by atoms with Crippen LogP contribution in [0, 0.1) is 11.8 Å². The predicted molar refractivity (Wildman–Crippen MR) is 149 cm³/mol. The molecule has 0 N–H and O–H groups in total. The minimum Gasteiger partial charge on any atom is -0.498 e. The van der Waals surface area contributed by atoms with Crippen molar-refractivity contribution in [3.63, 3.8) is 0 Å². The van der Waals surface area contributed by atoms with Crippen LogP contribution in [0.2, 0.25) is 0 Å². The number of allylic oxidation sites excluding steroid dienone is 1. The highest BCUT2D eigenvalue weighted by molar-refractivity contribution is 4.94. The first-order chi connectivity index (χ1) is 16.3. The molecule has 1 aliphatic carbocycles. The Morgan fingerprint density at radius 3 is 1.39 bits per heavy atom. The van der Waals surface area contributed by atoms with Crippen LogP contribution in [0.25, 0.3) is 0 Å². The molecule has 0 saturated heterocycles. The van der Waals surface area contributed by atoms with E-state index in [4.69, 9.17) is 4.74 Å². The fourth-order valence-electron chi connectivity index (χ4n) is 5.60. The molecule has 1 fully saturated rings. The van der Waals surface area contributed by atoms with Gasteiger partial charge in [0.2, 0.25) is 0 Å². The van der Waals surface area contributed by atoms with Crippen LogP contribution in [0.3, 0.4) is 0 Å². The zero-order valence-corrected chi connectivity index (χ0v) is 23.2. The van der Waals surface area contributed by atoms with E-state index in [2.05, 4.69) is 20.4 Å². The maximum Gasteiger partial charge on any atom is 0.0918 e. The summed E-state index contributed by atoms with van der Waals surface area (Å²) in [5.41, 5.74) is 0. The molecule has 0 aliphatic heterocycles. The molecule has 0 aromatic rings. The summed E-state index contributed by atoms with van der Waals surface area (Å²) in [6.45, 7) is 9.70. The Balaban J connectivity index is 1.81. The summed E-state index contributed by atoms with van der Waals surface area (Å²) in [5.74, 6) is 2.70.